The summed E-state index contributed by atoms with van der Waals surface area (Å²) in [6, 6.07) is 0. The Labute approximate surface area is 74.3 Å². The third-order valence-electron chi connectivity index (χ3n) is 1.43. The zero-order valence-electron chi connectivity index (χ0n) is 7.56. The van der Waals surface area contributed by atoms with E-state index in [0.717, 1.165) is 32.1 Å². The fraction of sp³-hybridized carbons (Fsp3) is 0.600. The summed E-state index contributed by atoms with van der Waals surface area (Å²) in [5.74, 6) is 4.68. The molecule has 0 bridgehead atoms. The van der Waals surface area contributed by atoms with Crippen LogP contribution in [0.1, 0.15) is 32.1 Å². The molecule has 0 saturated carbocycles. The van der Waals surface area contributed by atoms with Crippen molar-refractivity contribution in [3.63, 3.8) is 0 Å². The second-order valence-electron chi connectivity index (χ2n) is 2.46. The molecule has 0 fully saturated rings. The Hall–Kier alpha value is -0.970. The van der Waals surface area contributed by atoms with Crippen molar-refractivity contribution >= 4 is 5.97 Å². The lowest BCUT2D eigenvalue weighted by molar-refractivity contribution is -0.133. The predicted octanol–water partition coefficient (Wildman–Crippen LogP) is 1.95. The van der Waals surface area contributed by atoms with Gasteiger partial charge in [0.15, 0.2) is 0 Å². The molecule has 0 N–H and O–H groups in total. The standard InChI is InChI=1S/C10H15O2/c1-3-4-5-6-7-8-9-10(11)12-2/h1,3-7H2,2H3. The maximum Gasteiger partial charge on any atom is 0.384 e. The average molecular weight is 167 g/mol. The van der Waals surface area contributed by atoms with Gasteiger partial charge >= 0.3 is 5.97 Å². The molecule has 0 aliphatic rings. The summed E-state index contributed by atoms with van der Waals surface area (Å²) in [5.41, 5.74) is 0. The van der Waals surface area contributed by atoms with Crippen LogP contribution in [0.2, 0.25) is 0 Å². The maximum atomic E-state index is 10.5. The highest BCUT2D eigenvalue weighted by Crippen LogP contribution is 2.00. The quantitative estimate of drug-likeness (QED) is 0.277. The van der Waals surface area contributed by atoms with Crippen LogP contribution in [0.5, 0.6) is 0 Å². The van der Waals surface area contributed by atoms with Gasteiger partial charge in [-0.1, -0.05) is 32.1 Å². The first-order valence-electron chi connectivity index (χ1n) is 4.17. The Morgan fingerprint density at radius 3 is 2.75 bits per heavy atom. The van der Waals surface area contributed by atoms with Gasteiger partial charge in [0.1, 0.15) is 0 Å². The lowest BCUT2D eigenvalue weighted by atomic mass is 10.2. The topological polar surface area (TPSA) is 26.3 Å². The zero-order chi connectivity index (χ0) is 9.23. The molecule has 0 atom stereocenters. The van der Waals surface area contributed by atoms with Gasteiger partial charge < -0.3 is 4.74 Å². The van der Waals surface area contributed by atoms with E-state index in [2.05, 4.69) is 23.5 Å². The minimum atomic E-state index is -0.452. The molecule has 0 aromatic heterocycles. The normalized spacial score (nSPS) is 8.50. The van der Waals surface area contributed by atoms with Crippen molar-refractivity contribution in [1.29, 1.82) is 0 Å². The molecule has 67 valence electrons. The van der Waals surface area contributed by atoms with Gasteiger partial charge in [-0.05, 0) is 6.42 Å². The van der Waals surface area contributed by atoms with Gasteiger partial charge in [0.05, 0.1) is 7.11 Å². The molecule has 1 radical (unpaired) electrons. The Bertz CT molecular complexity index is 174. The van der Waals surface area contributed by atoms with E-state index >= 15 is 0 Å². The summed E-state index contributed by atoms with van der Waals surface area (Å²) in [6.07, 6.45) is 5.07. The van der Waals surface area contributed by atoms with E-state index < -0.39 is 5.97 Å². The molecule has 0 aromatic carbocycles. The smallest absolute Gasteiger partial charge is 0.384 e. The first kappa shape index (κ1) is 11.0. The summed E-state index contributed by atoms with van der Waals surface area (Å²) in [6.45, 7) is 3.73. The lowest BCUT2D eigenvalue weighted by Crippen LogP contribution is -1.94. The monoisotopic (exact) mass is 167 g/mol. The molecule has 0 unspecified atom stereocenters. The molecule has 0 rings (SSSR count). The van der Waals surface area contributed by atoms with Gasteiger partial charge in [-0.15, -0.1) is 0 Å². The first-order valence-corrected chi connectivity index (χ1v) is 4.17. The highest BCUT2D eigenvalue weighted by Gasteiger charge is 1.88. The van der Waals surface area contributed by atoms with E-state index in [1.807, 2.05) is 0 Å². The van der Waals surface area contributed by atoms with Gasteiger partial charge in [0.2, 0.25) is 0 Å². The molecule has 0 aliphatic heterocycles. The van der Waals surface area contributed by atoms with Crippen molar-refractivity contribution < 1.29 is 9.53 Å². The molecule has 0 saturated heterocycles. The van der Waals surface area contributed by atoms with E-state index in [4.69, 9.17) is 0 Å². The summed E-state index contributed by atoms with van der Waals surface area (Å²) in [4.78, 5) is 10.5. The molecule has 2 heteroatoms. The van der Waals surface area contributed by atoms with Crippen LogP contribution in [0.25, 0.3) is 0 Å². The van der Waals surface area contributed by atoms with Crippen LogP contribution in [0.3, 0.4) is 0 Å². The summed E-state index contributed by atoms with van der Waals surface area (Å²) in [5, 5.41) is 0. The minimum absolute atomic E-state index is 0.452. The molecule has 0 spiro atoms. The van der Waals surface area contributed by atoms with Crippen molar-refractivity contribution in [3.8, 4) is 11.8 Å². The number of carbonyl (C=O) groups excluding carboxylic acids is 1. The van der Waals surface area contributed by atoms with Crippen molar-refractivity contribution in [2.45, 2.75) is 32.1 Å². The van der Waals surface area contributed by atoms with Crippen LogP contribution in [0, 0.1) is 18.8 Å². The molecule has 12 heavy (non-hydrogen) atoms. The number of methoxy groups -OCH3 is 1. The highest BCUT2D eigenvalue weighted by atomic mass is 16.5. The minimum Gasteiger partial charge on any atom is -0.459 e. The van der Waals surface area contributed by atoms with Gasteiger partial charge in [-0.25, -0.2) is 4.79 Å². The largest absolute Gasteiger partial charge is 0.459 e. The van der Waals surface area contributed by atoms with Crippen molar-refractivity contribution in [3.05, 3.63) is 6.92 Å². The highest BCUT2D eigenvalue weighted by molar-refractivity contribution is 5.88. The second-order valence-corrected chi connectivity index (χ2v) is 2.46. The van der Waals surface area contributed by atoms with E-state index in [1.54, 1.807) is 0 Å². The summed E-state index contributed by atoms with van der Waals surface area (Å²) < 4.78 is 4.36. The maximum absolute atomic E-state index is 10.5. The van der Waals surface area contributed by atoms with Crippen molar-refractivity contribution in [1.82, 2.24) is 0 Å². The van der Waals surface area contributed by atoms with E-state index in [1.165, 1.54) is 7.11 Å². The third kappa shape index (κ3) is 7.14. The second kappa shape index (κ2) is 8.13. The number of esters is 1. The Morgan fingerprint density at radius 1 is 1.42 bits per heavy atom. The SMILES string of the molecule is [CH2]CCCCCC#CC(=O)OC. The Morgan fingerprint density at radius 2 is 2.17 bits per heavy atom. The van der Waals surface area contributed by atoms with Crippen LogP contribution in [0.4, 0.5) is 0 Å². The molecule has 0 heterocycles. The van der Waals surface area contributed by atoms with Crippen LogP contribution in [-0.4, -0.2) is 13.1 Å². The third-order valence-corrected chi connectivity index (χ3v) is 1.43. The number of ether oxygens (including phenoxy) is 1. The molecule has 0 aliphatic carbocycles. The van der Waals surface area contributed by atoms with E-state index in [0.29, 0.717) is 0 Å². The molecular weight excluding hydrogens is 152 g/mol. The fourth-order valence-electron chi connectivity index (χ4n) is 0.753. The van der Waals surface area contributed by atoms with Crippen LogP contribution in [0.15, 0.2) is 0 Å². The first-order chi connectivity index (χ1) is 5.81. The summed E-state index contributed by atoms with van der Waals surface area (Å²) >= 11 is 0. The number of unbranched alkanes of at least 4 members (excludes halogenated alkanes) is 4. The van der Waals surface area contributed by atoms with Crippen LogP contribution in [-0.2, 0) is 9.53 Å². The average Bonchev–Trinajstić information content (AvgIpc) is 2.10. The molecular formula is C10H15O2. The number of carbonyl (C=O) groups is 1. The predicted molar refractivity (Wildman–Crippen MR) is 48.2 cm³/mol. The lowest BCUT2D eigenvalue weighted by Gasteiger charge is -1.91. The number of rotatable bonds is 4. The molecule has 0 amide bonds. The number of hydrogen-bond donors (Lipinski definition) is 0. The summed E-state index contributed by atoms with van der Waals surface area (Å²) in [7, 11) is 1.33. The Balaban J connectivity index is 3.27. The van der Waals surface area contributed by atoms with Gasteiger partial charge in [0, 0.05) is 12.3 Å². The Kier molecular flexibility index (Phi) is 7.47. The van der Waals surface area contributed by atoms with E-state index in [9.17, 15) is 4.79 Å². The van der Waals surface area contributed by atoms with Gasteiger partial charge in [-0.2, -0.15) is 0 Å². The zero-order valence-corrected chi connectivity index (χ0v) is 7.56. The van der Waals surface area contributed by atoms with Crippen molar-refractivity contribution in [2.24, 2.45) is 0 Å². The van der Waals surface area contributed by atoms with Gasteiger partial charge in [0.25, 0.3) is 0 Å². The van der Waals surface area contributed by atoms with Crippen molar-refractivity contribution in [2.75, 3.05) is 7.11 Å². The molecule has 0 aromatic rings. The van der Waals surface area contributed by atoms with Crippen LogP contribution >= 0.6 is 0 Å². The number of hydrogen-bond acceptors (Lipinski definition) is 2. The fourth-order valence-corrected chi connectivity index (χ4v) is 0.753. The molecule has 2 nitrogen and oxygen atoms in total. The van der Waals surface area contributed by atoms with Gasteiger partial charge in [-0.3, -0.25) is 0 Å². The van der Waals surface area contributed by atoms with Crippen LogP contribution < -0.4 is 0 Å². The van der Waals surface area contributed by atoms with E-state index in [-0.39, 0.29) is 0 Å².